The zero-order valence-electron chi connectivity index (χ0n) is 28.3. The van der Waals surface area contributed by atoms with Gasteiger partial charge in [-0.1, -0.05) is 48.5 Å². The minimum atomic E-state index is -0.516. The molecule has 262 valence electrons. The van der Waals surface area contributed by atoms with Gasteiger partial charge in [-0.15, -0.1) is 0 Å². The molecule has 12 nitrogen and oxygen atoms in total. The number of carbonyl (C=O) groups excluding carboxylic acids is 2. The summed E-state index contributed by atoms with van der Waals surface area (Å²) >= 11 is 0. The Hall–Kier alpha value is -3.26. The monoisotopic (exact) mass is 660 g/mol. The summed E-state index contributed by atoms with van der Waals surface area (Å²) in [5.41, 5.74) is 4.27. The normalized spacial score (nSPS) is 12.4. The highest BCUT2D eigenvalue weighted by Gasteiger charge is 2.29. The minimum absolute atomic E-state index is 0.0377. The first-order valence-corrected chi connectivity index (χ1v) is 16.3. The van der Waals surface area contributed by atoms with Crippen molar-refractivity contribution in [3.05, 3.63) is 59.7 Å². The Balaban J connectivity index is 1.05. The van der Waals surface area contributed by atoms with Crippen LogP contribution in [0.15, 0.2) is 48.5 Å². The highest BCUT2D eigenvalue weighted by molar-refractivity contribution is 5.79. The number of nitrogens with zero attached hydrogens (tertiary/aromatic N) is 1. The molecule has 0 bridgehead atoms. The van der Waals surface area contributed by atoms with Crippen molar-refractivity contribution >= 4 is 12.2 Å². The van der Waals surface area contributed by atoms with Crippen LogP contribution in [0.2, 0.25) is 0 Å². The number of rotatable bonds is 23. The summed E-state index contributed by atoms with van der Waals surface area (Å²) < 4.78 is 43.7. The van der Waals surface area contributed by atoms with Gasteiger partial charge in [0, 0.05) is 26.1 Å². The number of nitrogens with one attached hydrogen (secondary N) is 1. The zero-order valence-corrected chi connectivity index (χ0v) is 28.3. The van der Waals surface area contributed by atoms with Crippen LogP contribution in [0.4, 0.5) is 9.59 Å². The quantitative estimate of drug-likeness (QED) is 0.171. The molecule has 0 radical (unpaired) electrons. The van der Waals surface area contributed by atoms with Gasteiger partial charge in [0.15, 0.2) is 0 Å². The lowest BCUT2D eigenvalue weighted by Crippen LogP contribution is -2.34. The van der Waals surface area contributed by atoms with Crippen molar-refractivity contribution in [3.8, 4) is 11.1 Å². The van der Waals surface area contributed by atoms with Crippen LogP contribution < -0.4 is 5.32 Å². The number of hydrogen-bond acceptors (Lipinski definition) is 10. The second-order valence-electron chi connectivity index (χ2n) is 11.8. The standard InChI is InChI=1S/C35H52N2O10/c1-35(2,3)47-33(38)36-13-15-40-17-19-42-21-23-44-25-26-45-24-22-43-20-18-41-16-14-37(4)34(39)46-27-32-30-11-7-5-9-28(30)29-10-6-8-12-31(29)32/h5-12,32H,13-27H2,1-4H3,(H,36,38). The lowest BCUT2D eigenvalue weighted by molar-refractivity contribution is -0.0172. The summed E-state index contributed by atoms with van der Waals surface area (Å²) in [4.78, 5) is 25.6. The summed E-state index contributed by atoms with van der Waals surface area (Å²) in [5, 5.41) is 2.63. The third kappa shape index (κ3) is 15.0. The fraction of sp³-hybridized carbons (Fsp3) is 0.600. The fourth-order valence-corrected chi connectivity index (χ4v) is 4.74. The van der Waals surface area contributed by atoms with Gasteiger partial charge in [-0.3, -0.25) is 0 Å². The van der Waals surface area contributed by atoms with E-state index in [4.69, 9.17) is 37.9 Å². The number of alkyl carbamates (subject to hydrolysis) is 1. The third-order valence-electron chi connectivity index (χ3n) is 6.99. The van der Waals surface area contributed by atoms with Gasteiger partial charge in [0.05, 0.1) is 79.3 Å². The molecular weight excluding hydrogens is 608 g/mol. The average Bonchev–Trinajstić information content (AvgIpc) is 3.36. The molecule has 0 spiro atoms. The van der Waals surface area contributed by atoms with E-state index in [0.717, 1.165) is 0 Å². The first-order valence-electron chi connectivity index (χ1n) is 16.3. The number of benzene rings is 2. The van der Waals surface area contributed by atoms with Crippen molar-refractivity contribution in [2.75, 3.05) is 106 Å². The predicted molar refractivity (Wildman–Crippen MR) is 177 cm³/mol. The number of hydrogen-bond donors (Lipinski definition) is 1. The van der Waals surface area contributed by atoms with E-state index in [1.807, 2.05) is 45.0 Å². The number of fused-ring (bicyclic) bond motifs is 3. The van der Waals surface area contributed by atoms with Crippen LogP contribution in [0.25, 0.3) is 11.1 Å². The van der Waals surface area contributed by atoms with Gasteiger partial charge in [-0.2, -0.15) is 0 Å². The molecule has 1 N–H and O–H groups in total. The van der Waals surface area contributed by atoms with E-state index in [1.165, 1.54) is 27.2 Å². The topological polar surface area (TPSA) is 123 Å². The fourth-order valence-electron chi connectivity index (χ4n) is 4.74. The van der Waals surface area contributed by atoms with Crippen LogP contribution >= 0.6 is 0 Å². The highest BCUT2D eigenvalue weighted by atomic mass is 16.6. The van der Waals surface area contributed by atoms with Crippen molar-refractivity contribution in [1.82, 2.24) is 10.2 Å². The Morgan fingerprint density at radius 2 is 1.09 bits per heavy atom. The molecule has 0 unspecified atom stereocenters. The maximum Gasteiger partial charge on any atom is 0.409 e. The molecule has 0 aliphatic heterocycles. The Bertz CT molecular complexity index is 1140. The molecule has 47 heavy (non-hydrogen) atoms. The molecule has 1 aliphatic rings. The average molecular weight is 661 g/mol. The van der Waals surface area contributed by atoms with Gasteiger partial charge in [-0.25, -0.2) is 9.59 Å². The Kier molecular flexibility index (Phi) is 17.5. The van der Waals surface area contributed by atoms with Crippen LogP contribution in [0.5, 0.6) is 0 Å². The van der Waals surface area contributed by atoms with E-state index in [-0.39, 0.29) is 12.0 Å². The van der Waals surface area contributed by atoms with Crippen LogP contribution in [-0.2, 0) is 37.9 Å². The smallest absolute Gasteiger partial charge is 0.409 e. The van der Waals surface area contributed by atoms with E-state index in [9.17, 15) is 9.59 Å². The largest absolute Gasteiger partial charge is 0.448 e. The number of ether oxygens (including phenoxy) is 8. The van der Waals surface area contributed by atoms with Crippen molar-refractivity contribution in [1.29, 1.82) is 0 Å². The van der Waals surface area contributed by atoms with Crippen molar-refractivity contribution in [3.63, 3.8) is 0 Å². The maximum atomic E-state index is 12.6. The first kappa shape index (κ1) is 38.2. The molecule has 1 aliphatic carbocycles. The van der Waals surface area contributed by atoms with E-state index < -0.39 is 11.7 Å². The molecule has 0 atom stereocenters. The lowest BCUT2D eigenvalue weighted by Gasteiger charge is -2.19. The molecular formula is C35H52N2O10. The molecule has 3 rings (SSSR count). The van der Waals surface area contributed by atoms with Crippen LogP contribution in [0, 0.1) is 0 Å². The van der Waals surface area contributed by atoms with E-state index in [0.29, 0.717) is 99.0 Å². The lowest BCUT2D eigenvalue weighted by atomic mass is 9.98. The van der Waals surface area contributed by atoms with Crippen molar-refractivity contribution in [2.45, 2.75) is 32.3 Å². The molecule has 0 fully saturated rings. The molecule has 2 aromatic carbocycles. The van der Waals surface area contributed by atoms with Gasteiger partial charge in [0.25, 0.3) is 0 Å². The summed E-state index contributed by atoms with van der Waals surface area (Å²) in [6.45, 7) is 11.8. The molecule has 0 heterocycles. The second-order valence-corrected chi connectivity index (χ2v) is 11.8. The minimum Gasteiger partial charge on any atom is -0.448 e. The van der Waals surface area contributed by atoms with Gasteiger partial charge < -0.3 is 48.1 Å². The highest BCUT2D eigenvalue weighted by Crippen LogP contribution is 2.44. The summed E-state index contributed by atoms with van der Waals surface area (Å²) in [5.74, 6) is 0.0377. The number of likely N-dealkylation sites (N-methyl/N-ethyl adjacent to an activating group) is 1. The molecule has 12 heteroatoms. The van der Waals surface area contributed by atoms with E-state index in [1.54, 1.807) is 7.05 Å². The summed E-state index contributed by atoms with van der Waals surface area (Å²) in [6.07, 6.45) is -0.823. The Labute approximate surface area is 278 Å². The van der Waals surface area contributed by atoms with Crippen molar-refractivity contribution in [2.24, 2.45) is 0 Å². The zero-order chi connectivity index (χ0) is 33.7. The summed E-state index contributed by atoms with van der Waals surface area (Å²) in [6, 6.07) is 16.6. The van der Waals surface area contributed by atoms with Crippen LogP contribution in [0.3, 0.4) is 0 Å². The second kappa shape index (κ2) is 21.6. The molecule has 0 aromatic heterocycles. The van der Waals surface area contributed by atoms with Crippen molar-refractivity contribution < 1.29 is 47.5 Å². The van der Waals surface area contributed by atoms with Gasteiger partial charge in [0.1, 0.15) is 12.2 Å². The SMILES string of the molecule is CN(CCOCCOCCOCCOCCOCCOCCNC(=O)OC(C)(C)C)C(=O)OCC1c2ccccc2-c2ccccc21. The summed E-state index contributed by atoms with van der Waals surface area (Å²) in [7, 11) is 1.71. The number of carbonyl (C=O) groups is 2. The Morgan fingerprint density at radius 3 is 1.55 bits per heavy atom. The van der Waals surface area contributed by atoms with Crippen LogP contribution in [-0.4, -0.2) is 129 Å². The Morgan fingerprint density at radius 1 is 0.660 bits per heavy atom. The van der Waals surface area contributed by atoms with Gasteiger partial charge in [-0.05, 0) is 43.0 Å². The van der Waals surface area contributed by atoms with E-state index in [2.05, 4.69) is 29.6 Å². The number of amides is 2. The molecule has 2 amide bonds. The first-order chi connectivity index (χ1) is 22.8. The molecule has 0 saturated heterocycles. The maximum absolute atomic E-state index is 12.6. The van der Waals surface area contributed by atoms with Crippen LogP contribution in [0.1, 0.15) is 37.8 Å². The molecule has 2 aromatic rings. The third-order valence-corrected chi connectivity index (χ3v) is 6.99. The van der Waals surface area contributed by atoms with Gasteiger partial charge >= 0.3 is 12.2 Å². The van der Waals surface area contributed by atoms with E-state index >= 15 is 0 Å². The molecule has 0 saturated carbocycles. The predicted octanol–water partition coefficient (Wildman–Crippen LogP) is 4.49. The van der Waals surface area contributed by atoms with Gasteiger partial charge in [0.2, 0.25) is 0 Å².